The lowest BCUT2D eigenvalue weighted by atomic mass is 10.1. The van der Waals surface area contributed by atoms with Crippen molar-refractivity contribution in [1.29, 1.82) is 0 Å². The van der Waals surface area contributed by atoms with Gasteiger partial charge < -0.3 is 4.90 Å². The lowest BCUT2D eigenvalue weighted by Crippen LogP contribution is -2.32. The zero-order valence-electron chi connectivity index (χ0n) is 12.8. The SMILES string of the molecule is C=CCN(CC=C)C(=O)c1ccc(-c2ccccc2)nc1C. The average molecular weight is 292 g/mol. The van der Waals surface area contributed by atoms with E-state index in [0.29, 0.717) is 18.7 Å². The summed E-state index contributed by atoms with van der Waals surface area (Å²) in [7, 11) is 0. The fraction of sp³-hybridized carbons (Fsp3) is 0.158. The number of carbonyl (C=O) groups is 1. The third-order valence-electron chi connectivity index (χ3n) is 3.37. The number of amides is 1. The molecular formula is C19H20N2O. The molecule has 0 unspecified atom stereocenters. The van der Waals surface area contributed by atoms with Gasteiger partial charge in [0.1, 0.15) is 0 Å². The van der Waals surface area contributed by atoms with E-state index in [-0.39, 0.29) is 5.91 Å². The summed E-state index contributed by atoms with van der Waals surface area (Å²) in [4.78, 5) is 18.8. The van der Waals surface area contributed by atoms with Gasteiger partial charge in [0.05, 0.1) is 17.0 Å². The first-order valence-electron chi connectivity index (χ1n) is 7.21. The highest BCUT2D eigenvalue weighted by molar-refractivity contribution is 5.95. The topological polar surface area (TPSA) is 33.2 Å². The van der Waals surface area contributed by atoms with Crippen LogP contribution in [0.5, 0.6) is 0 Å². The Morgan fingerprint density at radius 3 is 2.27 bits per heavy atom. The molecule has 22 heavy (non-hydrogen) atoms. The minimum atomic E-state index is -0.0515. The molecule has 1 amide bonds. The van der Waals surface area contributed by atoms with Gasteiger partial charge in [-0.2, -0.15) is 0 Å². The van der Waals surface area contributed by atoms with Gasteiger partial charge in [-0.25, -0.2) is 0 Å². The zero-order valence-corrected chi connectivity index (χ0v) is 12.8. The van der Waals surface area contributed by atoms with E-state index in [1.165, 1.54) is 0 Å². The molecule has 0 spiro atoms. The molecule has 0 aliphatic rings. The quantitative estimate of drug-likeness (QED) is 0.757. The lowest BCUT2D eigenvalue weighted by Gasteiger charge is -2.20. The van der Waals surface area contributed by atoms with Gasteiger partial charge in [0.25, 0.3) is 5.91 Å². The minimum Gasteiger partial charge on any atom is -0.331 e. The Morgan fingerprint density at radius 2 is 1.73 bits per heavy atom. The Labute approximate surface area is 131 Å². The normalized spacial score (nSPS) is 10.0. The first kappa shape index (κ1) is 15.7. The molecule has 0 fully saturated rings. The predicted molar refractivity (Wildman–Crippen MR) is 90.7 cm³/mol. The molecular weight excluding hydrogens is 272 g/mol. The fourth-order valence-electron chi connectivity index (χ4n) is 2.28. The van der Waals surface area contributed by atoms with E-state index >= 15 is 0 Å². The molecule has 3 heteroatoms. The standard InChI is InChI=1S/C19H20N2O/c1-4-13-21(14-5-2)19(22)17-11-12-18(20-15(17)3)16-9-7-6-8-10-16/h4-12H,1-2,13-14H2,3H3. The minimum absolute atomic E-state index is 0.0515. The summed E-state index contributed by atoms with van der Waals surface area (Å²) in [6.07, 6.45) is 3.42. The van der Waals surface area contributed by atoms with Crippen LogP contribution < -0.4 is 0 Å². The number of hydrogen-bond donors (Lipinski definition) is 0. The van der Waals surface area contributed by atoms with Crippen LogP contribution >= 0.6 is 0 Å². The number of nitrogens with zero attached hydrogens (tertiary/aromatic N) is 2. The van der Waals surface area contributed by atoms with Crippen LogP contribution in [0.2, 0.25) is 0 Å². The third-order valence-corrected chi connectivity index (χ3v) is 3.37. The van der Waals surface area contributed by atoms with Gasteiger partial charge in [0, 0.05) is 18.7 Å². The second kappa shape index (κ2) is 7.36. The second-order valence-corrected chi connectivity index (χ2v) is 4.98. The van der Waals surface area contributed by atoms with Crippen molar-refractivity contribution in [2.75, 3.05) is 13.1 Å². The molecule has 0 atom stereocenters. The van der Waals surface area contributed by atoms with Gasteiger partial charge in [-0.3, -0.25) is 9.78 Å². The summed E-state index contributed by atoms with van der Waals surface area (Å²) in [5, 5.41) is 0. The van der Waals surface area contributed by atoms with Crippen molar-refractivity contribution in [3.8, 4) is 11.3 Å². The Morgan fingerprint density at radius 1 is 1.09 bits per heavy atom. The van der Waals surface area contributed by atoms with Gasteiger partial charge >= 0.3 is 0 Å². The number of pyridine rings is 1. The average Bonchev–Trinajstić information content (AvgIpc) is 2.55. The highest BCUT2D eigenvalue weighted by Gasteiger charge is 2.16. The van der Waals surface area contributed by atoms with Gasteiger partial charge in [-0.15, -0.1) is 13.2 Å². The molecule has 0 saturated heterocycles. The summed E-state index contributed by atoms with van der Waals surface area (Å²) < 4.78 is 0. The maximum Gasteiger partial charge on any atom is 0.256 e. The predicted octanol–water partition coefficient (Wildman–Crippen LogP) is 3.87. The summed E-state index contributed by atoms with van der Waals surface area (Å²) in [5.74, 6) is -0.0515. The first-order chi connectivity index (χ1) is 10.7. The Balaban J connectivity index is 2.31. The van der Waals surface area contributed by atoms with E-state index in [4.69, 9.17) is 0 Å². The molecule has 1 heterocycles. The van der Waals surface area contributed by atoms with Crippen molar-refractivity contribution in [1.82, 2.24) is 9.88 Å². The van der Waals surface area contributed by atoms with Gasteiger partial charge in [-0.05, 0) is 19.1 Å². The van der Waals surface area contributed by atoms with E-state index in [0.717, 1.165) is 17.0 Å². The van der Waals surface area contributed by atoms with Crippen LogP contribution in [-0.2, 0) is 0 Å². The number of aromatic nitrogens is 1. The maximum absolute atomic E-state index is 12.6. The van der Waals surface area contributed by atoms with Crippen LogP contribution in [0.25, 0.3) is 11.3 Å². The molecule has 0 saturated carbocycles. The van der Waals surface area contributed by atoms with Crippen LogP contribution in [0.4, 0.5) is 0 Å². The summed E-state index contributed by atoms with van der Waals surface area (Å²) in [5.41, 5.74) is 3.25. The van der Waals surface area contributed by atoms with Crippen LogP contribution in [0.3, 0.4) is 0 Å². The number of rotatable bonds is 6. The molecule has 0 bridgehead atoms. The largest absolute Gasteiger partial charge is 0.331 e. The summed E-state index contributed by atoms with van der Waals surface area (Å²) >= 11 is 0. The highest BCUT2D eigenvalue weighted by Crippen LogP contribution is 2.19. The molecule has 2 aromatic rings. The van der Waals surface area contributed by atoms with E-state index in [1.807, 2.05) is 49.4 Å². The lowest BCUT2D eigenvalue weighted by molar-refractivity contribution is 0.0789. The maximum atomic E-state index is 12.6. The summed E-state index contributed by atoms with van der Waals surface area (Å²) in [6.45, 7) is 10.2. The van der Waals surface area contributed by atoms with Crippen molar-refractivity contribution in [2.45, 2.75) is 6.92 Å². The van der Waals surface area contributed by atoms with E-state index in [1.54, 1.807) is 17.1 Å². The van der Waals surface area contributed by atoms with Gasteiger partial charge in [0.2, 0.25) is 0 Å². The Bertz CT molecular complexity index is 667. The number of hydrogen-bond acceptors (Lipinski definition) is 2. The van der Waals surface area contributed by atoms with Crippen molar-refractivity contribution >= 4 is 5.91 Å². The van der Waals surface area contributed by atoms with Crippen LogP contribution in [0.15, 0.2) is 67.8 Å². The van der Waals surface area contributed by atoms with Crippen LogP contribution in [-0.4, -0.2) is 28.9 Å². The third kappa shape index (κ3) is 3.50. The zero-order chi connectivity index (χ0) is 15.9. The summed E-state index contributed by atoms with van der Waals surface area (Å²) in [6, 6.07) is 13.6. The molecule has 112 valence electrons. The monoisotopic (exact) mass is 292 g/mol. The van der Waals surface area contributed by atoms with Crippen molar-refractivity contribution in [3.05, 3.63) is 79.0 Å². The molecule has 3 nitrogen and oxygen atoms in total. The van der Waals surface area contributed by atoms with E-state index in [2.05, 4.69) is 18.1 Å². The van der Waals surface area contributed by atoms with E-state index < -0.39 is 0 Å². The highest BCUT2D eigenvalue weighted by atomic mass is 16.2. The Kier molecular flexibility index (Phi) is 5.26. The molecule has 1 aromatic carbocycles. The molecule has 2 rings (SSSR count). The van der Waals surface area contributed by atoms with Crippen LogP contribution in [0, 0.1) is 6.92 Å². The number of aryl methyl sites for hydroxylation is 1. The van der Waals surface area contributed by atoms with Crippen molar-refractivity contribution < 1.29 is 4.79 Å². The second-order valence-electron chi connectivity index (χ2n) is 4.98. The van der Waals surface area contributed by atoms with Crippen molar-refractivity contribution in [2.24, 2.45) is 0 Å². The van der Waals surface area contributed by atoms with Crippen molar-refractivity contribution in [3.63, 3.8) is 0 Å². The fourth-order valence-corrected chi connectivity index (χ4v) is 2.28. The number of carbonyl (C=O) groups excluding carboxylic acids is 1. The molecule has 0 N–H and O–H groups in total. The molecule has 0 aliphatic heterocycles. The van der Waals surface area contributed by atoms with E-state index in [9.17, 15) is 4.79 Å². The van der Waals surface area contributed by atoms with Gasteiger partial charge in [-0.1, -0.05) is 42.5 Å². The first-order valence-corrected chi connectivity index (χ1v) is 7.21. The number of benzene rings is 1. The smallest absolute Gasteiger partial charge is 0.256 e. The van der Waals surface area contributed by atoms with Gasteiger partial charge in [0.15, 0.2) is 0 Å². The molecule has 0 aliphatic carbocycles. The molecule has 0 radical (unpaired) electrons. The Hall–Kier alpha value is -2.68. The van der Waals surface area contributed by atoms with Crippen LogP contribution in [0.1, 0.15) is 16.1 Å². The molecule has 1 aromatic heterocycles.